The zero-order chi connectivity index (χ0) is 17.1. The Morgan fingerprint density at radius 1 is 1.09 bits per heavy atom. The van der Waals surface area contributed by atoms with Gasteiger partial charge in [-0.05, 0) is 51.3 Å². The summed E-state index contributed by atoms with van der Waals surface area (Å²) in [5.74, 6) is -0.0656. The van der Waals surface area contributed by atoms with E-state index in [1.165, 1.54) is 0 Å². The maximum absolute atomic E-state index is 12.6. The van der Waals surface area contributed by atoms with Crippen molar-refractivity contribution >= 4 is 15.9 Å². The quantitative estimate of drug-likeness (QED) is 0.916. The first-order chi connectivity index (χ1) is 10.7. The lowest BCUT2D eigenvalue weighted by molar-refractivity contribution is -0.121. The number of hydrogen-bond donors (Lipinski definition) is 1. The van der Waals surface area contributed by atoms with Crippen LogP contribution in [0.3, 0.4) is 0 Å². The van der Waals surface area contributed by atoms with Gasteiger partial charge in [0.1, 0.15) is 0 Å². The SMILES string of the molecule is CC(C)(C)NC(=O)Cc1ccc(S(=O)(=O)N2CCCCC2)cc1. The zero-order valence-corrected chi connectivity index (χ0v) is 14.9. The minimum Gasteiger partial charge on any atom is -0.351 e. The topological polar surface area (TPSA) is 66.5 Å². The van der Waals surface area contributed by atoms with Crippen LogP contribution in [0.5, 0.6) is 0 Å². The van der Waals surface area contributed by atoms with Gasteiger partial charge in [-0.2, -0.15) is 4.31 Å². The van der Waals surface area contributed by atoms with Gasteiger partial charge in [-0.3, -0.25) is 4.79 Å². The van der Waals surface area contributed by atoms with Gasteiger partial charge in [-0.1, -0.05) is 18.6 Å². The Bertz CT molecular complexity index is 639. The third-order valence-corrected chi connectivity index (χ3v) is 5.67. The van der Waals surface area contributed by atoms with Gasteiger partial charge in [0.15, 0.2) is 0 Å². The Kier molecular flexibility index (Phi) is 5.47. The van der Waals surface area contributed by atoms with Crippen molar-refractivity contribution in [1.82, 2.24) is 9.62 Å². The molecule has 1 aromatic rings. The van der Waals surface area contributed by atoms with E-state index in [4.69, 9.17) is 0 Å². The van der Waals surface area contributed by atoms with Crippen molar-refractivity contribution in [1.29, 1.82) is 0 Å². The number of benzene rings is 1. The Morgan fingerprint density at radius 3 is 2.17 bits per heavy atom. The molecule has 0 atom stereocenters. The molecule has 23 heavy (non-hydrogen) atoms. The van der Waals surface area contributed by atoms with Gasteiger partial charge in [0, 0.05) is 18.6 Å². The Balaban J connectivity index is 2.05. The van der Waals surface area contributed by atoms with Crippen LogP contribution in [0.2, 0.25) is 0 Å². The number of rotatable bonds is 4. The van der Waals surface area contributed by atoms with Crippen molar-refractivity contribution in [3.63, 3.8) is 0 Å². The average Bonchev–Trinajstić information content (AvgIpc) is 2.46. The number of carbonyl (C=O) groups excluding carboxylic acids is 1. The number of nitrogens with zero attached hydrogens (tertiary/aromatic N) is 1. The summed E-state index contributed by atoms with van der Waals surface area (Å²) in [5.41, 5.74) is 0.540. The molecule has 0 spiro atoms. The molecule has 5 nitrogen and oxygen atoms in total. The molecule has 0 bridgehead atoms. The number of amides is 1. The van der Waals surface area contributed by atoms with E-state index >= 15 is 0 Å². The lowest BCUT2D eigenvalue weighted by Crippen LogP contribution is -2.41. The normalized spacial score (nSPS) is 17.0. The summed E-state index contributed by atoms with van der Waals surface area (Å²) in [7, 11) is -3.40. The van der Waals surface area contributed by atoms with E-state index in [1.807, 2.05) is 20.8 Å². The van der Waals surface area contributed by atoms with E-state index in [9.17, 15) is 13.2 Å². The average molecular weight is 338 g/mol. The minimum absolute atomic E-state index is 0.0656. The molecule has 1 amide bonds. The van der Waals surface area contributed by atoms with Gasteiger partial charge in [-0.25, -0.2) is 8.42 Å². The molecule has 6 heteroatoms. The highest BCUT2D eigenvalue weighted by Crippen LogP contribution is 2.21. The molecule has 1 aliphatic heterocycles. The Hall–Kier alpha value is -1.40. The summed E-state index contributed by atoms with van der Waals surface area (Å²) in [6.45, 7) is 6.98. The third-order valence-electron chi connectivity index (χ3n) is 3.76. The molecule has 1 heterocycles. The van der Waals surface area contributed by atoms with Crippen LogP contribution in [0.15, 0.2) is 29.2 Å². The monoisotopic (exact) mass is 338 g/mol. The first-order valence-electron chi connectivity index (χ1n) is 8.09. The van der Waals surface area contributed by atoms with Crippen molar-refractivity contribution in [3.8, 4) is 0 Å². The van der Waals surface area contributed by atoms with Gasteiger partial charge in [0.2, 0.25) is 15.9 Å². The van der Waals surface area contributed by atoms with Gasteiger partial charge >= 0.3 is 0 Å². The third kappa shape index (κ3) is 5.04. The van der Waals surface area contributed by atoms with Crippen molar-refractivity contribution in [2.75, 3.05) is 13.1 Å². The summed E-state index contributed by atoms with van der Waals surface area (Å²) in [6.07, 6.45) is 3.18. The molecular weight excluding hydrogens is 312 g/mol. The molecule has 128 valence electrons. The molecule has 2 rings (SSSR count). The summed E-state index contributed by atoms with van der Waals surface area (Å²) in [6, 6.07) is 6.64. The molecular formula is C17H26N2O3S. The number of piperidine rings is 1. The summed E-state index contributed by atoms with van der Waals surface area (Å²) in [5, 5.41) is 2.90. The molecule has 0 radical (unpaired) electrons. The molecule has 1 fully saturated rings. The first-order valence-corrected chi connectivity index (χ1v) is 9.53. The van der Waals surface area contributed by atoms with E-state index in [2.05, 4.69) is 5.32 Å². The van der Waals surface area contributed by atoms with Crippen LogP contribution in [0, 0.1) is 0 Å². The largest absolute Gasteiger partial charge is 0.351 e. The molecule has 0 unspecified atom stereocenters. The van der Waals surface area contributed by atoms with Crippen molar-refractivity contribution in [2.24, 2.45) is 0 Å². The van der Waals surface area contributed by atoms with E-state index in [-0.39, 0.29) is 17.9 Å². The maximum atomic E-state index is 12.6. The van der Waals surface area contributed by atoms with Gasteiger partial charge in [-0.15, -0.1) is 0 Å². The minimum atomic E-state index is -3.40. The second kappa shape index (κ2) is 7.01. The second-order valence-electron chi connectivity index (χ2n) is 7.08. The van der Waals surface area contributed by atoms with Gasteiger partial charge in [0.25, 0.3) is 0 Å². The van der Waals surface area contributed by atoms with Crippen LogP contribution >= 0.6 is 0 Å². The van der Waals surface area contributed by atoms with Crippen molar-refractivity contribution in [3.05, 3.63) is 29.8 Å². The fourth-order valence-electron chi connectivity index (χ4n) is 2.68. The lowest BCUT2D eigenvalue weighted by Gasteiger charge is -2.26. The summed E-state index contributed by atoms with van der Waals surface area (Å²) >= 11 is 0. The molecule has 0 aliphatic carbocycles. The van der Waals surface area contributed by atoms with E-state index < -0.39 is 10.0 Å². The van der Waals surface area contributed by atoms with Crippen LogP contribution in [0.1, 0.15) is 45.6 Å². The first kappa shape index (κ1) is 17.9. The van der Waals surface area contributed by atoms with E-state index in [0.717, 1.165) is 24.8 Å². The second-order valence-corrected chi connectivity index (χ2v) is 9.02. The molecule has 1 aliphatic rings. The van der Waals surface area contributed by atoms with Gasteiger partial charge in [0.05, 0.1) is 11.3 Å². The molecule has 1 saturated heterocycles. The molecule has 1 aromatic carbocycles. The highest BCUT2D eigenvalue weighted by molar-refractivity contribution is 7.89. The van der Waals surface area contributed by atoms with Crippen LogP contribution in [-0.4, -0.2) is 37.3 Å². The zero-order valence-electron chi connectivity index (χ0n) is 14.1. The molecule has 0 saturated carbocycles. The predicted octanol–water partition coefficient (Wildman–Crippen LogP) is 2.32. The number of hydrogen-bond acceptors (Lipinski definition) is 3. The van der Waals surface area contributed by atoms with Crippen LogP contribution in [0.4, 0.5) is 0 Å². The van der Waals surface area contributed by atoms with Crippen LogP contribution in [0.25, 0.3) is 0 Å². The lowest BCUT2D eigenvalue weighted by atomic mass is 10.1. The Morgan fingerprint density at radius 2 is 1.65 bits per heavy atom. The fraction of sp³-hybridized carbons (Fsp3) is 0.588. The van der Waals surface area contributed by atoms with Crippen LogP contribution < -0.4 is 5.32 Å². The van der Waals surface area contributed by atoms with Crippen LogP contribution in [-0.2, 0) is 21.2 Å². The number of sulfonamides is 1. The number of nitrogens with one attached hydrogen (secondary N) is 1. The summed E-state index contributed by atoms with van der Waals surface area (Å²) < 4.78 is 26.7. The smallest absolute Gasteiger partial charge is 0.243 e. The molecule has 0 aromatic heterocycles. The highest BCUT2D eigenvalue weighted by Gasteiger charge is 2.25. The van der Waals surface area contributed by atoms with E-state index in [1.54, 1.807) is 28.6 Å². The van der Waals surface area contributed by atoms with Crippen molar-refractivity contribution < 1.29 is 13.2 Å². The standard InChI is InChI=1S/C17H26N2O3S/c1-17(2,3)18-16(20)13-14-7-9-15(10-8-14)23(21,22)19-11-5-4-6-12-19/h7-10H,4-6,11-13H2,1-3H3,(H,18,20). The van der Waals surface area contributed by atoms with Gasteiger partial charge < -0.3 is 5.32 Å². The summed E-state index contributed by atoms with van der Waals surface area (Å²) in [4.78, 5) is 12.2. The predicted molar refractivity (Wildman–Crippen MR) is 90.7 cm³/mol. The number of carbonyl (C=O) groups is 1. The maximum Gasteiger partial charge on any atom is 0.243 e. The molecule has 1 N–H and O–H groups in total. The van der Waals surface area contributed by atoms with E-state index in [0.29, 0.717) is 18.0 Å². The highest BCUT2D eigenvalue weighted by atomic mass is 32.2. The van der Waals surface area contributed by atoms with Crippen molar-refractivity contribution in [2.45, 2.75) is 56.9 Å². The fourth-order valence-corrected chi connectivity index (χ4v) is 4.20. The Labute approximate surface area is 139 Å².